The molecule has 4 heteroatoms. The zero-order valence-electron chi connectivity index (χ0n) is 12.4. The summed E-state index contributed by atoms with van der Waals surface area (Å²) >= 11 is 0. The molecule has 1 heterocycles. The Kier molecular flexibility index (Phi) is 5.12. The second-order valence-electron chi connectivity index (χ2n) is 5.84. The van der Waals surface area contributed by atoms with E-state index in [0.717, 1.165) is 18.2 Å². The summed E-state index contributed by atoms with van der Waals surface area (Å²) < 4.78 is 0. The van der Waals surface area contributed by atoms with Crippen LogP contribution >= 0.6 is 0 Å². The molecular formula is C16H24N2O2. The lowest BCUT2D eigenvalue weighted by molar-refractivity contribution is 0.0696. The summed E-state index contributed by atoms with van der Waals surface area (Å²) in [6, 6.07) is 4.09. The maximum absolute atomic E-state index is 10.8. The highest BCUT2D eigenvalue weighted by atomic mass is 16.4. The molecule has 1 N–H and O–H groups in total. The molecule has 0 aliphatic heterocycles. The monoisotopic (exact) mass is 276 g/mol. The molecule has 0 bridgehead atoms. The Hall–Kier alpha value is -1.42. The zero-order chi connectivity index (χ0) is 14.5. The molecule has 0 saturated heterocycles. The van der Waals surface area contributed by atoms with E-state index in [1.165, 1.54) is 38.3 Å². The predicted molar refractivity (Wildman–Crippen MR) is 78.7 cm³/mol. The van der Waals surface area contributed by atoms with Gasteiger partial charge in [0.25, 0.3) is 0 Å². The molecule has 110 valence electrons. The summed E-state index contributed by atoms with van der Waals surface area (Å²) in [5.41, 5.74) is 1.19. The Morgan fingerprint density at radius 2 is 2.05 bits per heavy atom. The first-order valence-electron chi connectivity index (χ1n) is 7.48. The second kappa shape index (κ2) is 6.84. The third-order valence-electron chi connectivity index (χ3n) is 4.50. The summed E-state index contributed by atoms with van der Waals surface area (Å²) in [5.74, 6) is -0.0112. The summed E-state index contributed by atoms with van der Waals surface area (Å²) in [5, 5.41) is 8.86. The molecule has 2 rings (SSSR count). The number of hydrogen-bond acceptors (Lipinski definition) is 3. The van der Waals surface area contributed by atoms with Crippen molar-refractivity contribution in [1.29, 1.82) is 0 Å². The molecule has 1 aromatic heterocycles. The van der Waals surface area contributed by atoms with Gasteiger partial charge in [-0.05, 0) is 50.8 Å². The molecule has 1 aromatic rings. The lowest BCUT2D eigenvalue weighted by Crippen LogP contribution is -2.34. The van der Waals surface area contributed by atoms with Crippen LogP contribution < -0.4 is 0 Å². The summed E-state index contributed by atoms with van der Waals surface area (Å²) in [6.45, 7) is 3.07. The zero-order valence-corrected chi connectivity index (χ0v) is 12.4. The average Bonchev–Trinajstić information content (AvgIpc) is 2.48. The molecule has 20 heavy (non-hydrogen) atoms. The molecule has 0 radical (unpaired) electrons. The molecule has 0 aromatic carbocycles. The molecule has 1 fully saturated rings. The summed E-state index contributed by atoms with van der Waals surface area (Å²) in [6.07, 6.45) is 7.94. The van der Waals surface area contributed by atoms with Gasteiger partial charge in [-0.3, -0.25) is 9.88 Å². The third kappa shape index (κ3) is 3.79. The molecule has 1 aliphatic carbocycles. The first-order chi connectivity index (χ1) is 9.60. The topological polar surface area (TPSA) is 53.4 Å². The van der Waals surface area contributed by atoms with E-state index in [1.807, 2.05) is 6.07 Å². The number of aromatic carboxylic acids is 1. The minimum Gasteiger partial charge on any atom is -0.478 e. The maximum Gasteiger partial charge on any atom is 0.337 e. The van der Waals surface area contributed by atoms with Gasteiger partial charge in [0.15, 0.2) is 0 Å². The van der Waals surface area contributed by atoms with E-state index in [-0.39, 0.29) is 5.56 Å². The quantitative estimate of drug-likeness (QED) is 0.897. The first kappa shape index (κ1) is 15.0. The Balaban J connectivity index is 1.88. The predicted octanol–water partition coefficient (Wildman–Crippen LogP) is 3.18. The van der Waals surface area contributed by atoms with E-state index in [1.54, 1.807) is 6.07 Å². The van der Waals surface area contributed by atoms with Gasteiger partial charge in [-0.15, -0.1) is 0 Å². The Bertz CT molecular complexity index is 436. The number of rotatable bonds is 5. The number of carboxylic acid groups (broad SMARTS) is 1. The van der Waals surface area contributed by atoms with Gasteiger partial charge in [0.1, 0.15) is 0 Å². The van der Waals surface area contributed by atoms with Gasteiger partial charge < -0.3 is 5.11 Å². The molecule has 0 unspecified atom stereocenters. The van der Waals surface area contributed by atoms with Gasteiger partial charge in [-0.2, -0.15) is 0 Å². The van der Waals surface area contributed by atoms with Gasteiger partial charge in [0.2, 0.25) is 0 Å². The Labute approximate surface area is 120 Å². The van der Waals surface area contributed by atoms with Crippen molar-refractivity contribution in [3.63, 3.8) is 0 Å². The number of hydrogen-bond donors (Lipinski definition) is 1. The van der Waals surface area contributed by atoms with Crippen molar-refractivity contribution in [3.8, 4) is 0 Å². The van der Waals surface area contributed by atoms with Crippen LogP contribution in [0.5, 0.6) is 0 Å². The lowest BCUT2D eigenvalue weighted by atomic mass is 9.84. The van der Waals surface area contributed by atoms with Crippen LogP contribution in [0.25, 0.3) is 0 Å². The van der Waals surface area contributed by atoms with E-state index >= 15 is 0 Å². The molecule has 4 nitrogen and oxygen atoms in total. The van der Waals surface area contributed by atoms with Gasteiger partial charge in [-0.25, -0.2) is 4.79 Å². The van der Waals surface area contributed by atoms with Crippen LogP contribution in [0, 0.1) is 5.92 Å². The highest BCUT2D eigenvalue weighted by Gasteiger charge is 2.23. The van der Waals surface area contributed by atoms with Crippen LogP contribution in [-0.4, -0.2) is 34.0 Å². The molecule has 0 amide bonds. The van der Waals surface area contributed by atoms with Gasteiger partial charge in [0.05, 0.1) is 11.3 Å². The largest absolute Gasteiger partial charge is 0.478 e. The maximum atomic E-state index is 10.8. The Morgan fingerprint density at radius 3 is 2.55 bits per heavy atom. The number of carboxylic acids is 1. The number of aromatic nitrogens is 1. The van der Waals surface area contributed by atoms with Gasteiger partial charge in [-0.1, -0.05) is 13.3 Å². The number of carbonyl (C=O) groups is 1. The smallest absolute Gasteiger partial charge is 0.337 e. The van der Waals surface area contributed by atoms with Crippen LogP contribution in [0.2, 0.25) is 0 Å². The van der Waals surface area contributed by atoms with Crippen molar-refractivity contribution in [2.24, 2.45) is 5.92 Å². The normalized spacial score (nSPS) is 22.9. The molecular weight excluding hydrogens is 252 g/mol. The fourth-order valence-corrected chi connectivity index (χ4v) is 3.02. The van der Waals surface area contributed by atoms with E-state index in [9.17, 15) is 4.79 Å². The second-order valence-corrected chi connectivity index (χ2v) is 5.84. The van der Waals surface area contributed by atoms with Crippen molar-refractivity contribution < 1.29 is 9.90 Å². The first-order valence-corrected chi connectivity index (χ1v) is 7.48. The van der Waals surface area contributed by atoms with E-state index < -0.39 is 5.97 Å². The summed E-state index contributed by atoms with van der Waals surface area (Å²) in [4.78, 5) is 17.4. The minimum absolute atomic E-state index is 0.250. The van der Waals surface area contributed by atoms with Crippen LogP contribution in [0.15, 0.2) is 18.3 Å². The molecule has 1 saturated carbocycles. The van der Waals surface area contributed by atoms with Crippen LogP contribution in [-0.2, 0) is 6.54 Å². The van der Waals surface area contributed by atoms with Crippen molar-refractivity contribution >= 4 is 5.97 Å². The van der Waals surface area contributed by atoms with E-state index in [4.69, 9.17) is 5.11 Å². The van der Waals surface area contributed by atoms with Gasteiger partial charge >= 0.3 is 5.97 Å². The standard InChI is InChI=1S/C16H24N2O2/c1-3-12-4-8-15(9-5-12)18(2)11-14-7-6-13(10-17-14)16(19)20/h6-7,10,12,15H,3-5,8-9,11H2,1-2H3,(H,19,20). The van der Waals surface area contributed by atoms with Crippen LogP contribution in [0.4, 0.5) is 0 Å². The fraction of sp³-hybridized carbons (Fsp3) is 0.625. The van der Waals surface area contributed by atoms with E-state index in [2.05, 4.69) is 23.9 Å². The Morgan fingerprint density at radius 1 is 1.35 bits per heavy atom. The van der Waals surface area contributed by atoms with Crippen LogP contribution in [0.1, 0.15) is 55.1 Å². The third-order valence-corrected chi connectivity index (χ3v) is 4.50. The highest BCUT2D eigenvalue weighted by Crippen LogP contribution is 2.29. The SMILES string of the molecule is CCC1CCC(N(C)Cc2ccc(C(=O)O)cn2)CC1. The van der Waals surface area contributed by atoms with Crippen molar-refractivity contribution in [2.75, 3.05) is 7.05 Å². The van der Waals surface area contributed by atoms with Crippen molar-refractivity contribution in [1.82, 2.24) is 9.88 Å². The van der Waals surface area contributed by atoms with Crippen molar-refractivity contribution in [3.05, 3.63) is 29.6 Å². The van der Waals surface area contributed by atoms with Crippen molar-refractivity contribution in [2.45, 2.75) is 51.6 Å². The number of nitrogens with zero attached hydrogens (tertiary/aromatic N) is 2. The number of pyridine rings is 1. The van der Waals surface area contributed by atoms with Crippen LogP contribution in [0.3, 0.4) is 0 Å². The average molecular weight is 276 g/mol. The summed E-state index contributed by atoms with van der Waals surface area (Å²) in [7, 11) is 2.14. The molecule has 0 spiro atoms. The minimum atomic E-state index is -0.921. The van der Waals surface area contributed by atoms with Gasteiger partial charge in [0, 0.05) is 18.8 Å². The highest BCUT2D eigenvalue weighted by molar-refractivity contribution is 5.87. The lowest BCUT2D eigenvalue weighted by Gasteiger charge is -2.34. The molecule has 1 aliphatic rings. The fourth-order valence-electron chi connectivity index (χ4n) is 3.02. The molecule has 0 atom stereocenters. The van der Waals surface area contributed by atoms with E-state index in [0.29, 0.717) is 6.04 Å².